The van der Waals surface area contributed by atoms with E-state index in [1.54, 1.807) is 36.1 Å². The lowest BCUT2D eigenvalue weighted by molar-refractivity contribution is -0.00862. The molecule has 15 nitrogen and oxygen atoms in total. The van der Waals surface area contributed by atoms with Crippen LogP contribution >= 0.6 is 10.7 Å². The summed E-state index contributed by atoms with van der Waals surface area (Å²) in [6.07, 6.45) is 1.23. The summed E-state index contributed by atoms with van der Waals surface area (Å²) in [4.78, 5) is 29.8. The Morgan fingerprint density at radius 3 is 1.45 bits per heavy atom. The van der Waals surface area contributed by atoms with Crippen LogP contribution in [0.2, 0.25) is 0 Å². The van der Waals surface area contributed by atoms with Crippen molar-refractivity contribution in [3.05, 3.63) is 71.3 Å². The lowest BCUT2D eigenvalue weighted by Gasteiger charge is -2.33. The highest BCUT2D eigenvalue weighted by Crippen LogP contribution is 2.37. The van der Waals surface area contributed by atoms with Gasteiger partial charge in [-0.25, -0.2) is 57.5 Å². The van der Waals surface area contributed by atoms with Gasteiger partial charge in [0.25, 0.3) is 12.9 Å². The zero-order valence-electron chi connectivity index (χ0n) is 43.5. The normalized spacial score (nSPS) is 26.1. The minimum Gasteiger partial charge on any atom is -0.453 e. The molecule has 24 heteroatoms. The van der Waals surface area contributed by atoms with Gasteiger partial charge in [-0.3, -0.25) is 9.80 Å². The molecule has 2 heterocycles. The maximum absolute atomic E-state index is 13.5. The number of rotatable bonds is 17. The average Bonchev–Trinajstić information content (AvgIpc) is 3.80. The maximum atomic E-state index is 13.5. The van der Waals surface area contributed by atoms with Crippen molar-refractivity contribution in [3.8, 4) is 0 Å². The van der Waals surface area contributed by atoms with Crippen LogP contribution in [0.1, 0.15) is 122 Å². The van der Waals surface area contributed by atoms with Crippen molar-refractivity contribution in [3.63, 3.8) is 0 Å². The molecule has 0 spiro atoms. The number of sulfonamides is 1. The van der Waals surface area contributed by atoms with Crippen molar-refractivity contribution in [1.29, 1.82) is 0 Å². The standard InChI is InChI=1S/C22H31F3N2O5S.C20H29FN2O3.C6H15N.C2H3ClF2O2S/c1-14-10-19(26-33(29,30)13-21(24)25)20(27(14)22(28)31-2)12-32-18-8-6-15(7-9-18)16-4-3-5-17(23)11-16;1-13-10-18(22)19(23(13)20(24)25-2)12-26-17-8-6-14(7-9-17)15-4-3-5-16(21)11-15;1-4-7(5-2)6-3;3-8(6,7)1-2(4)5/h3-5,11,14-15,18-21,26H,6-10,12-13H2,1-2H3;3-5,11,13-14,17-19H,6-10,12,22H2,1-2H3;4-6H2,1-3H3;2H,1H2/t14-,15?,18?,19+,20+;13-,14?,17?,18+,19+;;/m11../s1. The lowest BCUT2D eigenvalue weighted by Crippen LogP contribution is -2.51. The molecule has 2 aromatic rings. The number of nitrogens with two attached hydrogens (primary N) is 1. The number of amides is 2. The summed E-state index contributed by atoms with van der Waals surface area (Å²) in [7, 11) is -1.18. The molecule has 2 aromatic carbocycles. The number of carbonyl (C=O) groups excluding carboxylic acids is 2. The summed E-state index contributed by atoms with van der Waals surface area (Å²) >= 11 is 0. The predicted molar refractivity (Wildman–Crippen MR) is 273 cm³/mol. The summed E-state index contributed by atoms with van der Waals surface area (Å²) in [5.41, 5.74) is 8.25. The summed E-state index contributed by atoms with van der Waals surface area (Å²) in [6.45, 7) is 14.4. The molecular weight excluding hydrogens is 1040 g/mol. The van der Waals surface area contributed by atoms with Crippen LogP contribution in [0.3, 0.4) is 0 Å². The SMILES string of the molecule is CCN(CC)CC.COC(=O)N1[C@H](C)C[C@H](N)[C@@H]1COC1CCC(c2cccc(F)c2)CC1.COC(=O)N1[C@H](C)C[C@H](NS(=O)(=O)CC(F)F)[C@@H]1COC1CCC(c2cccc(F)c2)CC1.O=S(=O)(Cl)CC(F)F. The molecule has 424 valence electrons. The van der Waals surface area contributed by atoms with Crippen LogP contribution in [0.5, 0.6) is 0 Å². The van der Waals surface area contributed by atoms with E-state index in [-0.39, 0.29) is 73.0 Å². The molecule has 2 saturated heterocycles. The van der Waals surface area contributed by atoms with Gasteiger partial charge >= 0.3 is 12.2 Å². The van der Waals surface area contributed by atoms with E-state index in [9.17, 15) is 52.8 Å². The summed E-state index contributed by atoms with van der Waals surface area (Å²) in [6, 6.07) is 11.5. The molecule has 2 amide bonds. The van der Waals surface area contributed by atoms with Crippen molar-refractivity contribution >= 4 is 41.9 Å². The van der Waals surface area contributed by atoms with Crippen molar-refractivity contribution in [1.82, 2.24) is 19.4 Å². The molecular formula is C50H78ClF6N5O10S2. The topological polar surface area (TPSA) is 187 Å². The zero-order valence-corrected chi connectivity index (χ0v) is 45.9. The first-order chi connectivity index (χ1) is 34.8. The Morgan fingerprint density at radius 2 is 1.09 bits per heavy atom. The fourth-order valence-corrected chi connectivity index (χ4v) is 11.8. The van der Waals surface area contributed by atoms with Crippen LogP contribution in [0.4, 0.5) is 35.9 Å². The van der Waals surface area contributed by atoms with Gasteiger partial charge in [-0.2, -0.15) is 0 Å². The Morgan fingerprint density at radius 1 is 0.689 bits per heavy atom. The first-order valence-electron chi connectivity index (χ1n) is 25.3. The summed E-state index contributed by atoms with van der Waals surface area (Å²) < 4.78 is 142. The third-order valence-electron chi connectivity index (χ3n) is 13.9. The molecule has 0 aromatic heterocycles. The Balaban J connectivity index is 0.000000310. The number of methoxy groups -OCH3 is 2. The highest BCUT2D eigenvalue weighted by Gasteiger charge is 2.45. The third-order valence-corrected chi connectivity index (χ3v) is 16.3. The second kappa shape index (κ2) is 31.7. The van der Waals surface area contributed by atoms with Crippen LogP contribution in [0.15, 0.2) is 48.5 Å². The van der Waals surface area contributed by atoms with Crippen LogP contribution in [-0.2, 0) is 38.0 Å². The van der Waals surface area contributed by atoms with E-state index in [1.807, 2.05) is 19.1 Å². The number of carbonyl (C=O) groups is 2. The van der Waals surface area contributed by atoms with E-state index in [0.717, 1.165) is 68.9 Å². The summed E-state index contributed by atoms with van der Waals surface area (Å²) in [5, 5.41) is 0. The highest BCUT2D eigenvalue weighted by atomic mass is 35.7. The Hall–Kier alpha value is -3.45. The van der Waals surface area contributed by atoms with Crippen LogP contribution in [0.25, 0.3) is 0 Å². The Bertz CT molecular complexity index is 2210. The molecule has 3 N–H and O–H groups in total. The molecule has 2 aliphatic carbocycles. The fourth-order valence-electron chi connectivity index (χ4n) is 10.1. The van der Waals surface area contributed by atoms with Gasteiger partial charge in [-0.05, 0) is 145 Å². The largest absolute Gasteiger partial charge is 0.453 e. The number of likely N-dealkylation sites (tertiary alicyclic amines) is 2. The average molecular weight is 1120 g/mol. The van der Waals surface area contributed by atoms with E-state index in [4.69, 9.17) is 24.7 Å². The molecule has 4 aliphatic rings. The number of nitrogens with one attached hydrogen (secondary N) is 1. The minimum absolute atomic E-state index is 0.0522. The van der Waals surface area contributed by atoms with Gasteiger partial charge in [-0.1, -0.05) is 45.0 Å². The number of ether oxygens (including phenoxy) is 4. The van der Waals surface area contributed by atoms with Gasteiger partial charge in [0.05, 0.1) is 51.7 Å². The van der Waals surface area contributed by atoms with Crippen molar-refractivity contribution in [2.75, 3.05) is 58.6 Å². The number of halogens is 7. The molecule has 4 fully saturated rings. The molecule has 2 aliphatic heterocycles. The van der Waals surface area contributed by atoms with Gasteiger partial charge in [0.15, 0.2) is 0 Å². The maximum Gasteiger partial charge on any atom is 0.410 e. The number of benzene rings is 2. The fraction of sp³-hybridized carbons (Fsp3) is 0.720. The minimum atomic E-state index is -4.23. The Kier molecular flexibility index (Phi) is 27.8. The van der Waals surface area contributed by atoms with Crippen LogP contribution in [0, 0.1) is 11.6 Å². The number of alkyl halides is 4. The predicted octanol–water partition coefficient (Wildman–Crippen LogP) is 9.24. The smallest absolute Gasteiger partial charge is 0.410 e. The highest BCUT2D eigenvalue weighted by molar-refractivity contribution is 8.13. The van der Waals surface area contributed by atoms with E-state index in [1.165, 1.54) is 50.9 Å². The second-order valence-electron chi connectivity index (χ2n) is 19.1. The van der Waals surface area contributed by atoms with E-state index in [0.29, 0.717) is 12.5 Å². The molecule has 6 atom stereocenters. The van der Waals surface area contributed by atoms with Crippen molar-refractivity contribution < 1.29 is 71.7 Å². The van der Waals surface area contributed by atoms with E-state index in [2.05, 4.69) is 41.1 Å². The number of nitrogens with zero attached hydrogens (tertiary/aromatic N) is 3. The van der Waals surface area contributed by atoms with E-state index >= 15 is 0 Å². The lowest BCUT2D eigenvalue weighted by atomic mass is 9.82. The number of hydrogen-bond donors (Lipinski definition) is 2. The molecule has 0 radical (unpaired) electrons. The van der Waals surface area contributed by atoms with Gasteiger partial charge in [0.2, 0.25) is 19.1 Å². The van der Waals surface area contributed by atoms with E-state index < -0.39 is 61.6 Å². The van der Waals surface area contributed by atoms with Crippen LogP contribution < -0.4 is 10.5 Å². The number of hydrogen-bond acceptors (Lipinski definition) is 12. The second-order valence-corrected chi connectivity index (χ2v) is 23.7. The van der Waals surface area contributed by atoms with Gasteiger partial charge in [0.1, 0.15) is 23.1 Å². The molecule has 74 heavy (non-hydrogen) atoms. The van der Waals surface area contributed by atoms with Gasteiger partial charge < -0.3 is 29.6 Å². The molecule has 2 saturated carbocycles. The van der Waals surface area contributed by atoms with Crippen molar-refractivity contribution in [2.24, 2.45) is 5.73 Å². The zero-order chi connectivity index (χ0) is 55.3. The third kappa shape index (κ3) is 21.9. The first kappa shape index (κ1) is 64.8. The van der Waals surface area contributed by atoms with Crippen molar-refractivity contribution in [2.45, 2.75) is 172 Å². The monoisotopic (exact) mass is 1120 g/mol. The first-order valence-corrected chi connectivity index (χ1v) is 29.4. The van der Waals surface area contributed by atoms with Gasteiger partial charge in [0, 0.05) is 34.8 Å². The quantitative estimate of drug-likeness (QED) is 0.113. The van der Waals surface area contributed by atoms with Gasteiger partial charge in [-0.15, -0.1) is 0 Å². The van der Waals surface area contributed by atoms with Crippen LogP contribution in [-0.4, -0.2) is 164 Å². The molecule has 0 unspecified atom stereocenters. The molecule has 0 bridgehead atoms. The Labute approximate surface area is 438 Å². The molecule has 6 rings (SSSR count). The summed E-state index contributed by atoms with van der Waals surface area (Å²) in [5.74, 6) is -2.36.